The number of hydrogen-bond donors (Lipinski definition) is 2. The predicted molar refractivity (Wildman–Crippen MR) is 95.0 cm³/mol. The van der Waals surface area contributed by atoms with Crippen LogP contribution < -0.4 is 15.5 Å². The van der Waals surface area contributed by atoms with Crippen LogP contribution in [0.2, 0.25) is 0 Å². The molecule has 1 fully saturated rings. The van der Waals surface area contributed by atoms with Crippen molar-refractivity contribution in [2.75, 3.05) is 23.4 Å². The number of urea groups is 1. The van der Waals surface area contributed by atoms with Crippen molar-refractivity contribution >= 4 is 35.0 Å². The number of carbonyl (C=O) groups is 2. The molecule has 0 spiro atoms. The van der Waals surface area contributed by atoms with Crippen LogP contribution in [0.3, 0.4) is 0 Å². The number of ether oxygens (including phenoxy) is 1. The second kappa shape index (κ2) is 7.47. The van der Waals surface area contributed by atoms with Crippen LogP contribution >= 0.6 is 11.5 Å². The van der Waals surface area contributed by atoms with Crippen LogP contribution in [-0.4, -0.2) is 34.9 Å². The summed E-state index contributed by atoms with van der Waals surface area (Å²) in [5.41, 5.74) is 2.19. The van der Waals surface area contributed by atoms with Crippen molar-refractivity contribution < 1.29 is 14.3 Å². The van der Waals surface area contributed by atoms with Gasteiger partial charge < -0.3 is 15.4 Å². The van der Waals surface area contributed by atoms with Gasteiger partial charge in [-0.05, 0) is 35.6 Å². The van der Waals surface area contributed by atoms with Crippen LogP contribution in [0.4, 0.5) is 21.0 Å². The summed E-state index contributed by atoms with van der Waals surface area (Å²) >= 11 is 1.28. The van der Waals surface area contributed by atoms with Gasteiger partial charge >= 0.3 is 12.1 Å². The van der Waals surface area contributed by atoms with Gasteiger partial charge in [0.25, 0.3) is 0 Å². The lowest BCUT2D eigenvalue weighted by molar-refractivity contribution is 0.181. The fourth-order valence-electron chi connectivity index (χ4n) is 2.49. The molecule has 8 nitrogen and oxygen atoms in total. The molecular weight excluding hydrogens is 342 g/mol. The minimum atomic E-state index is -0.375. The number of rotatable bonds is 5. The lowest BCUT2D eigenvalue weighted by atomic mass is 10.1. The van der Waals surface area contributed by atoms with Crippen molar-refractivity contribution in [1.82, 2.24) is 14.9 Å². The fraction of sp³-hybridized carbons (Fsp3) is 0.375. The summed E-state index contributed by atoms with van der Waals surface area (Å²) in [5.74, 6) is 0.260. The molecule has 1 saturated heterocycles. The van der Waals surface area contributed by atoms with Gasteiger partial charge in [-0.25, -0.2) is 9.59 Å². The highest BCUT2D eigenvalue weighted by atomic mass is 32.1. The number of cyclic esters (lactones) is 1. The van der Waals surface area contributed by atoms with Crippen molar-refractivity contribution in [2.45, 2.75) is 26.3 Å². The molecular formula is C16H19N5O3S. The normalized spacial score (nSPS) is 13.9. The molecule has 3 amide bonds. The largest absolute Gasteiger partial charge is 0.447 e. The Balaban J connectivity index is 1.59. The first kappa shape index (κ1) is 17.2. The lowest BCUT2D eigenvalue weighted by Crippen LogP contribution is -2.28. The number of anilines is 2. The van der Waals surface area contributed by atoms with Crippen LogP contribution in [0.1, 0.15) is 30.3 Å². The summed E-state index contributed by atoms with van der Waals surface area (Å²) in [6.07, 6.45) is -0.375. The van der Waals surface area contributed by atoms with Crippen molar-refractivity contribution in [3.63, 3.8) is 0 Å². The monoisotopic (exact) mass is 361 g/mol. The quantitative estimate of drug-likeness (QED) is 0.853. The van der Waals surface area contributed by atoms with Gasteiger partial charge in [-0.1, -0.05) is 24.4 Å². The average Bonchev–Trinajstić information content (AvgIpc) is 3.22. The molecule has 2 N–H and O–H groups in total. The third kappa shape index (κ3) is 4.05. The van der Waals surface area contributed by atoms with Gasteiger partial charge in [0, 0.05) is 11.4 Å². The van der Waals surface area contributed by atoms with E-state index in [9.17, 15) is 9.59 Å². The summed E-state index contributed by atoms with van der Waals surface area (Å²) in [5, 5.41) is 9.66. The van der Waals surface area contributed by atoms with Crippen molar-refractivity contribution in [3.05, 3.63) is 34.8 Å². The van der Waals surface area contributed by atoms with Crippen LogP contribution in [0, 0.1) is 0 Å². The Bertz CT molecular complexity index is 777. The molecule has 2 heterocycles. The predicted octanol–water partition coefficient (Wildman–Crippen LogP) is 2.94. The minimum absolute atomic E-state index is 0.260. The van der Waals surface area contributed by atoms with Crippen molar-refractivity contribution in [3.8, 4) is 0 Å². The zero-order chi connectivity index (χ0) is 17.8. The molecule has 25 heavy (non-hydrogen) atoms. The number of hydrogen-bond acceptors (Lipinski definition) is 6. The van der Waals surface area contributed by atoms with Gasteiger partial charge in [0.15, 0.2) is 0 Å². The number of nitrogens with zero attached hydrogens (tertiary/aromatic N) is 3. The maximum absolute atomic E-state index is 12.1. The number of amides is 3. The average molecular weight is 361 g/mol. The molecule has 1 aliphatic rings. The van der Waals surface area contributed by atoms with E-state index < -0.39 is 0 Å². The minimum Gasteiger partial charge on any atom is -0.447 e. The van der Waals surface area contributed by atoms with Crippen LogP contribution in [0.25, 0.3) is 0 Å². The summed E-state index contributed by atoms with van der Waals surface area (Å²) in [7, 11) is 0. The number of benzene rings is 1. The third-order valence-corrected chi connectivity index (χ3v) is 4.46. The van der Waals surface area contributed by atoms with Gasteiger partial charge in [-0.3, -0.25) is 4.90 Å². The molecule has 3 rings (SSSR count). The molecule has 9 heteroatoms. The highest BCUT2D eigenvalue weighted by Gasteiger charge is 2.23. The molecule has 0 unspecified atom stereocenters. The van der Waals surface area contributed by atoms with E-state index in [1.165, 1.54) is 16.4 Å². The van der Waals surface area contributed by atoms with Crippen molar-refractivity contribution in [1.29, 1.82) is 0 Å². The maximum Gasteiger partial charge on any atom is 0.414 e. The van der Waals surface area contributed by atoms with Crippen molar-refractivity contribution in [2.24, 2.45) is 0 Å². The Morgan fingerprint density at radius 3 is 3.00 bits per heavy atom. The van der Waals surface area contributed by atoms with Gasteiger partial charge in [0.05, 0.1) is 23.7 Å². The van der Waals surface area contributed by atoms with E-state index in [4.69, 9.17) is 4.74 Å². The van der Waals surface area contributed by atoms with E-state index in [0.717, 1.165) is 10.6 Å². The number of carbonyl (C=O) groups excluding carboxylic acids is 2. The molecule has 1 aliphatic heterocycles. The summed E-state index contributed by atoms with van der Waals surface area (Å²) in [4.78, 5) is 26.2. The second-order valence-corrected chi connectivity index (χ2v) is 6.70. The molecule has 0 radical (unpaired) electrons. The number of nitrogens with one attached hydrogen (secondary N) is 2. The maximum atomic E-state index is 12.1. The van der Waals surface area contributed by atoms with Crippen LogP contribution in [0.5, 0.6) is 0 Å². The Hall–Kier alpha value is -2.68. The van der Waals surface area contributed by atoms with E-state index >= 15 is 0 Å². The smallest absolute Gasteiger partial charge is 0.414 e. The molecule has 0 aliphatic carbocycles. The first-order valence-corrected chi connectivity index (χ1v) is 8.72. The molecule has 1 aromatic carbocycles. The summed E-state index contributed by atoms with van der Waals surface area (Å²) in [6, 6.07) is 6.75. The first-order chi connectivity index (χ1) is 12.0. The second-order valence-electron chi connectivity index (χ2n) is 5.86. The molecule has 0 atom stereocenters. The zero-order valence-corrected chi connectivity index (χ0v) is 14.8. The van der Waals surface area contributed by atoms with E-state index in [2.05, 4.69) is 20.2 Å². The Kier molecular flexibility index (Phi) is 5.13. The fourth-order valence-corrected chi connectivity index (χ4v) is 3.23. The molecule has 1 aromatic heterocycles. The SMILES string of the molecule is CC(C)c1nnsc1CNC(=O)Nc1cccc(N2CCOC2=O)c1. The van der Waals surface area contributed by atoms with Crippen LogP contribution in [0.15, 0.2) is 24.3 Å². The summed E-state index contributed by atoms with van der Waals surface area (Å²) in [6.45, 7) is 5.32. The van der Waals surface area contributed by atoms with E-state index in [1.54, 1.807) is 24.3 Å². The molecule has 2 aromatic rings. The third-order valence-electron chi connectivity index (χ3n) is 3.72. The van der Waals surface area contributed by atoms with E-state index in [-0.39, 0.29) is 18.0 Å². The number of aromatic nitrogens is 2. The highest BCUT2D eigenvalue weighted by Crippen LogP contribution is 2.22. The summed E-state index contributed by atoms with van der Waals surface area (Å²) < 4.78 is 8.87. The highest BCUT2D eigenvalue weighted by molar-refractivity contribution is 7.05. The van der Waals surface area contributed by atoms with Gasteiger partial charge in [0.1, 0.15) is 6.61 Å². The molecule has 0 bridgehead atoms. The van der Waals surface area contributed by atoms with E-state index in [1.807, 2.05) is 13.8 Å². The standard InChI is InChI=1S/C16H19N5O3S/c1-10(2)14-13(25-20-19-14)9-17-15(22)18-11-4-3-5-12(8-11)21-6-7-24-16(21)23/h3-5,8,10H,6-7,9H2,1-2H3,(H2,17,18,22). The molecule has 132 valence electrons. The van der Waals surface area contributed by atoms with Crippen LogP contribution in [-0.2, 0) is 11.3 Å². The first-order valence-electron chi connectivity index (χ1n) is 7.95. The van der Waals surface area contributed by atoms with E-state index in [0.29, 0.717) is 31.1 Å². The van der Waals surface area contributed by atoms with Gasteiger partial charge in [-0.2, -0.15) is 0 Å². The lowest BCUT2D eigenvalue weighted by Gasteiger charge is -2.14. The Morgan fingerprint density at radius 1 is 1.44 bits per heavy atom. The van der Waals surface area contributed by atoms with Gasteiger partial charge in [0.2, 0.25) is 0 Å². The topological polar surface area (TPSA) is 96.4 Å². The Morgan fingerprint density at radius 2 is 2.28 bits per heavy atom. The molecule has 0 saturated carbocycles. The zero-order valence-electron chi connectivity index (χ0n) is 14.0. The van der Waals surface area contributed by atoms with Gasteiger partial charge in [-0.15, -0.1) is 5.10 Å². The Labute approximate surface area is 149 Å².